The first-order chi connectivity index (χ1) is 7.48. The minimum atomic E-state index is -4.47. The molecule has 16 heavy (non-hydrogen) atoms. The van der Waals surface area contributed by atoms with Gasteiger partial charge in [0.15, 0.2) is 0 Å². The van der Waals surface area contributed by atoms with Gasteiger partial charge >= 0.3 is 11.9 Å². The quantitative estimate of drug-likeness (QED) is 0.817. The predicted molar refractivity (Wildman–Crippen MR) is 49.8 cm³/mol. The van der Waals surface area contributed by atoms with Gasteiger partial charge in [0.1, 0.15) is 6.26 Å². The SMILES string of the molecule is O=c1[nH]c(-c2ccccc2C(F)(F)F)co1. The van der Waals surface area contributed by atoms with Gasteiger partial charge in [0.05, 0.1) is 11.3 Å². The topological polar surface area (TPSA) is 46.0 Å². The van der Waals surface area contributed by atoms with Crippen LogP contribution in [0.15, 0.2) is 39.7 Å². The Morgan fingerprint density at radius 1 is 1.19 bits per heavy atom. The van der Waals surface area contributed by atoms with E-state index in [1.54, 1.807) is 0 Å². The van der Waals surface area contributed by atoms with Crippen molar-refractivity contribution in [3.63, 3.8) is 0 Å². The number of halogens is 3. The Labute approximate surface area is 87.5 Å². The summed E-state index contributed by atoms with van der Waals surface area (Å²) in [5.74, 6) is -0.785. The highest BCUT2D eigenvalue weighted by Gasteiger charge is 2.33. The molecule has 0 saturated heterocycles. The lowest BCUT2D eigenvalue weighted by atomic mass is 10.1. The molecule has 1 N–H and O–H groups in total. The molecule has 0 aliphatic carbocycles. The highest BCUT2D eigenvalue weighted by molar-refractivity contribution is 5.63. The molecule has 2 aromatic rings. The Balaban J connectivity index is 2.61. The third kappa shape index (κ3) is 1.86. The molecule has 0 radical (unpaired) electrons. The summed E-state index contributed by atoms with van der Waals surface area (Å²) in [5, 5.41) is 0. The molecule has 0 amide bonds. The molecule has 0 atom stereocenters. The number of aromatic amines is 1. The van der Waals surface area contributed by atoms with Crippen LogP contribution in [0.3, 0.4) is 0 Å². The summed E-state index contributed by atoms with van der Waals surface area (Å²) in [6.07, 6.45) is -3.50. The van der Waals surface area contributed by atoms with Gasteiger partial charge in [-0.05, 0) is 6.07 Å². The van der Waals surface area contributed by atoms with Crippen LogP contribution in [0.5, 0.6) is 0 Å². The number of H-pyrrole nitrogens is 1. The smallest absolute Gasteiger partial charge is 0.416 e. The predicted octanol–water partition coefficient (Wildman–Crippen LogP) is 2.65. The lowest BCUT2D eigenvalue weighted by molar-refractivity contribution is -0.137. The van der Waals surface area contributed by atoms with Crippen molar-refractivity contribution in [2.45, 2.75) is 6.18 Å². The first-order valence-electron chi connectivity index (χ1n) is 4.33. The zero-order chi connectivity index (χ0) is 11.8. The summed E-state index contributed by atoms with van der Waals surface area (Å²) in [6.45, 7) is 0. The van der Waals surface area contributed by atoms with Gasteiger partial charge in [0.2, 0.25) is 0 Å². The second-order valence-corrected chi connectivity index (χ2v) is 3.11. The molecular weight excluding hydrogens is 223 g/mol. The molecule has 1 aromatic carbocycles. The maximum atomic E-state index is 12.6. The minimum Gasteiger partial charge on any atom is -0.416 e. The van der Waals surface area contributed by atoms with Gasteiger partial charge in [0, 0.05) is 5.56 Å². The fourth-order valence-corrected chi connectivity index (χ4v) is 1.38. The van der Waals surface area contributed by atoms with E-state index in [0.29, 0.717) is 0 Å². The summed E-state index contributed by atoms with van der Waals surface area (Å²) in [7, 11) is 0. The zero-order valence-electron chi connectivity index (χ0n) is 7.84. The van der Waals surface area contributed by atoms with Crippen LogP contribution in [0.25, 0.3) is 11.3 Å². The van der Waals surface area contributed by atoms with Gasteiger partial charge in [-0.3, -0.25) is 4.98 Å². The van der Waals surface area contributed by atoms with E-state index in [1.165, 1.54) is 18.2 Å². The second-order valence-electron chi connectivity index (χ2n) is 3.11. The van der Waals surface area contributed by atoms with Gasteiger partial charge in [-0.2, -0.15) is 13.2 Å². The molecule has 0 unspecified atom stereocenters. The molecule has 0 aliphatic rings. The summed E-state index contributed by atoms with van der Waals surface area (Å²) in [5.41, 5.74) is -0.911. The van der Waals surface area contributed by atoms with Crippen LogP contribution >= 0.6 is 0 Å². The summed E-state index contributed by atoms with van der Waals surface area (Å²) in [6, 6.07) is 4.95. The van der Waals surface area contributed by atoms with E-state index in [4.69, 9.17) is 0 Å². The number of hydrogen-bond acceptors (Lipinski definition) is 2. The van der Waals surface area contributed by atoms with Crippen molar-refractivity contribution < 1.29 is 17.6 Å². The van der Waals surface area contributed by atoms with Crippen molar-refractivity contribution in [1.29, 1.82) is 0 Å². The van der Waals surface area contributed by atoms with Crippen molar-refractivity contribution in [3.05, 3.63) is 46.6 Å². The molecule has 0 bridgehead atoms. The summed E-state index contributed by atoms with van der Waals surface area (Å²) >= 11 is 0. The molecule has 0 fully saturated rings. The Hall–Kier alpha value is -1.98. The average Bonchev–Trinajstić information content (AvgIpc) is 2.64. The van der Waals surface area contributed by atoms with E-state index in [-0.39, 0.29) is 11.3 Å². The lowest BCUT2D eigenvalue weighted by Crippen LogP contribution is -2.07. The fourth-order valence-electron chi connectivity index (χ4n) is 1.38. The standard InChI is InChI=1S/C10H6F3NO2/c11-10(12,13)7-4-2-1-3-6(7)8-5-16-9(15)14-8/h1-5H,(H,14,15). The van der Waals surface area contributed by atoms with E-state index >= 15 is 0 Å². The molecule has 2 rings (SSSR count). The number of alkyl halides is 3. The normalized spacial score (nSPS) is 11.7. The third-order valence-corrected chi connectivity index (χ3v) is 2.04. The highest BCUT2D eigenvalue weighted by Crippen LogP contribution is 2.35. The first-order valence-corrected chi connectivity index (χ1v) is 4.33. The molecule has 0 spiro atoms. The highest BCUT2D eigenvalue weighted by atomic mass is 19.4. The van der Waals surface area contributed by atoms with E-state index in [2.05, 4.69) is 9.40 Å². The molecule has 1 heterocycles. The van der Waals surface area contributed by atoms with Crippen LogP contribution in [0.1, 0.15) is 5.56 Å². The lowest BCUT2D eigenvalue weighted by Gasteiger charge is -2.10. The van der Waals surface area contributed by atoms with Gasteiger partial charge in [-0.1, -0.05) is 18.2 Å². The number of rotatable bonds is 1. The van der Waals surface area contributed by atoms with Gasteiger partial charge in [0.25, 0.3) is 0 Å². The summed E-state index contributed by atoms with van der Waals surface area (Å²) in [4.78, 5) is 12.9. The Morgan fingerprint density at radius 2 is 1.88 bits per heavy atom. The number of aromatic nitrogens is 1. The van der Waals surface area contributed by atoms with Crippen molar-refractivity contribution in [2.75, 3.05) is 0 Å². The van der Waals surface area contributed by atoms with Crippen LogP contribution in [0.4, 0.5) is 13.2 Å². The number of hydrogen-bond donors (Lipinski definition) is 1. The molecule has 1 aromatic heterocycles. The largest absolute Gasteiger partial charge is 0.417 e. The van der Waals surface area contributed by atoms with E-state index in [0.717, 1.165) is 12.3 Å². The van der Waals surface area contributed by atoms with Gasteiger partial charge in [-0.15, -0.1) is 0 Å². The van der Waals surface area contributed by atoms with E-state index in [9.17, 15) is 18.0 Å². The Bertz CT molecular complexity index is 553. The second kappa shape index (κ2) is 3.55. The minimum absolute atomic E-state index is 0.0120. The molecule has 0 aliphatic heterocycles. The number of nitrogens with one attached hydrogen (secondary N) is 1. The monoisotopic (exact) mass is 229 g/mol. The Morgan fingerprint density at radius 3 is 2.44 bits per heavy atom. The molecular formula is C10H6F3NO2. The van der Waals surface area contributed by atoms with Crippen LogP contribution in [-0.2, 0) is 6.18 Å². The molecule has 0 saturated carbocycles. The van der Waals surface area contributed by atoms with Crippen molar-refractivity contribution in [1.82, 2.24) is 4.98 Å². The zero-order valence-corrected chi connectivity index (χ0v) is 7.84. The maximum Gasteiger partial charge on any atom is 0.417 e. The fraction of sp³-hybridized carbons (Fsp3) is 0.100. The van der Waals surface area contributed by atoms with Crippen LogP contribution in [0.2, 0.25) is 0 Å². The maximum absolute atomic E-state index is 12.6. The van der Waals surface area contributed by atoms with Crippen molar-refractivity contribution >= 4 is 0 Å². The Kier molecular flexibility index (Phi) is 2.34. The number of benzene rings is 1. The van der Waals surface area contributed by atoms with Crippen molar-refractivity contribution in [3.8, 4) is 11.3 Å². The van der Waals surface area contributed by atoms with E-state index < -0.39 is 17.5 Å². The molecule has 3 nitrogen and oxygen atoms in total. The molecule has 6 heteroatoms. The van der Waals surface area contributed by atoms with Gasteiger partial charge < -0.3 is 4.42 Å². The average molecular weight is 229 g/mol. The van der Waals surface area contributed by atoms with Crippen molar-refractivity contribution in [2.24, 2.45) is 0 Å². The third-order valence-electron chi connectivity index (χ3n) is 2.04. The van der Waals surface area contributed by atoms with Crippen LogP contribution in [-0.4, -0.2) is 4.98 Å². The van der Waals surface area contributed by atoms with Gasteiger partial charge in [-0.25, -0.2) is 4.79 Å². The van der Waals surface area contributed by atoms with E-state index in [1.807, 2.05) is 0 Å². The summed E-state index contributed by atoms with van der Waals surface area (Å²) < 4.78 is 42.3. The first kappa shape index (κ1) is 10.5. The number of oxazole rings is 1. The van der Waals surface area contributed by atoms with Crippen LogP contribution < -0.4 is 5.76 Å². The molecule has 84 valence electrons. The van der Waals surface area contributed by atoms with Crippen LogP contribution in [0, 0.1) is 0 Å².